The highest BCUT2D eigenvalue weighted by atomic mass is 16.6. The largest absolute Gasteiger partial charge is 0.471 e. The molecule has 1 saturated heterocycles. The first-order valence-electron chi connectivity index (χ1n) is 8.55. The van der Waals surface area contributed by atoms with E-state index in [0.717, 1.165) is 5.56 Å². The van der Waals surface area contributed by atoms with Crippen LogP contribution in [-0.2, 0) is 11.3 Å². The molecule has 0 aliphatic carbocycles. The number of nitro benzene ring substituents is 1. The number of non-ortho nitro benzene ring substituents is 1. The zero-order valence-corrected chi connectivity index (χ0v) is 14.6. The summed E-state index contributed by atoms with van der Waals surface area (Å²) in [5.74, 6) is 0.263. The molecule has 11 heteroatoms. The molecule has 1 aliphatic rings. The first-order chi connectivity index (χ1) is 13.6. The summed E-state index contributed by atoms with van der Waals surface area (Å²) in [5.41, 5.74) is 1.65. The molecule has 11 nitrogen and oxygen atoms in total. The molecule has 1 aliphatic heterocycles. The van der Waals surface area contributed by atoms with Crippen LogP contribution in [0.1, 0.15) is 18.2 Å². The highest BCUT2D eigenvalue weighted by molar-refractivity contribution is 5.76. The van der Waals surface area contributed by atoms with Crippen LogP contribution in [0.5, 0.6) is 5.88 Å². The molecule has 0 bridgehead atoms. The molecule has 4 rings (SSSR count). The molecule has 3 atom stereocenters. The van der Waals surface area contributed by atoms with Gasteiger partial charge >= 0.3 is 0 Å². The van der Waals surface area contributed by atoms with Gasteiger partial charge in [-0.05, 0) is 17.7 Å². The highest BCUT2D eigenvalue weighted by Crippen LogP contribution is 2.32. The van der Waals surface area contributed by atoms with Gasteiger partial charge in [-0.2, -0.15) is 4.98 Å². The van der Waals surface area contributed by atoms with Gasteiger partial charge in [0.05, 0.1) is 24.0 Å². The Morgan fingerprint density at radius 2 is 2.07 bits per heavy atom. The van der Waals surface area contributed by atoms with Gasteiger partial charge in [-0.1, -0.05) is 0 Å². The lowest BCUT2D eigenvalue weighted by Gasteiger charge is -2.13. The normalized spacial score (nSPS) is 21.9. The Hall–Kier alpha value is -3.15. The Morgan fingerprint density at radius 3 is 2.75 bits per heavy atom. The van der Waals surface area contributed by atoms with Crippen LogP contribution in [0.25, 0.3) is 11.2 Å². The van der Waals surface area contributed by atoms with Crippen molar-refractivity contribution in [3.05, 3.63) is 52.6 Å². The zero-order chi connectivity index (χ0) is 19.7. The van der Waals surface area contributed by atoms with Crippen molar-refractivity contribution in [2.24, 2.45) is 0 Å². The van der Waals surface area contributed by atoms with Crippen molar-refractivity contribution in [2.75, 3.05) is 6.61 Å². The Labute approximate surface area is 158 Å². The fraction of sp³-hybridized carbons (Fsp3) is 0.353. The number of aliphatic hydroxyl groups is 2. The SMILES string of the molecule is O=[N+]([O-])c1ccc(COc2ncnc3c2ncn3[C@H]2C[C@H](O)[C@@H](CO)O2)cc1. The van der Waals surface area contributed by atoms with Crippen LogP contribution in [0.4, 0.5) is 5.69 Å². The number of benzene rings is 1. The molecule has 0 saturated carbocycles. The monoisotopic (exact) mass is 387 g/mol. The summed E-state index contributed by atoms with van der Waals surface area (Å²) in [4.78, 5) is 22.9. The van der Waals surface area contributed by atoms with E-state index in [-0.39, 0.29) is 24.8 Å². The molecule has 1 aromatic carbocycles. The molecular formula is C17H17N5O6. The molecule has 3 heterocycles. The quantitative estimate of drug-likeness (QED) is 0.466. The Balaban J connectivity index is 1.53. The fourth-order valence-corrected chi connectivity index (χ4v) is 3.06. The van der Waals surface area contributed by atoms with Gasteiger partial charge in [0.1, 0.15) is 25.3 Å². The second kappa shape index (κ2) is 7.46. The zero-order valence-electron chi connectivity index (χ0n) is 14.6. The van der Waals surface area contributed by atoms with E-state index >= 15 is 0 Å². The average molecular weight is 387 g/mol. The van der Waals surface area contributed by atoms with Crippen LogP contribution in [0, 0.1) is 10.1 Å². The van der Waals surface area contributed by atoms with Crippen molar-refractivity contribution in [3.8, 4) is 5.88 Å². The maximum Gasteiger partial charge on any atom is 0.269 e. The van der Waals surface area contributed by atoms with E-state index in [2.05, 4.69) is 15.0 Å². The summed E-state index contributed by atoms with van der Waals surface area (Å²) in [6.07, 6.45) is 1.24. The third-order valence-electron chi connectivity index (χ3n) is 4.54. The predicted octanol–water partition coefficient (Wildman–Crippen LogP) is 0.954. The number of nitro groups is 1. The van der Waals surface area contributed by atoms with Crippen molar-refractivity contribution >= 4 is 16.9 Å². The second-order valence-corrected chi connectivity index (χ2v) is 6.33. The first-order valence-corrected chi connectivity index (χ1v) is 8.55. The van der Waals surface area contributed by atoms with Gasteiger partial charge in [-0.3, -0.25) is 14.7 Å². The van der Waals surface area contributed by atoms with Gasteiger partial charge in [0.25, 0.3) is 5.69 Å². The number of imidazole rings is 1. The summed E-state index contributed by atoms with van der Waals surface area (Å²) in [7, 11) is 0. The molecule has 2 N–H and O–H groups in total. The lowest BCUT2D eigenvalue weighted by atomic mass is 10.2. The second-order valence-electron chi connectivity index (χ2n) is 6.33. The number of nitrogens with zero attached hydrogens (tertiary/aromatic N) is 5. The van der Waals surface area contributed by atoms with E-state index in [4.69, 9.17) is 9.47 Å². The maximum absolute atomic E-state index is 10.7. The lowest BCUT2D eigenvalue weighted by molar-refractivity contribution is -0.384. The van der Waals surface area contributed by atoms with Gasteiger partial charge in [0.2, 0.25) is 5.88 Å². The van der Waals surface area contributed by atoms with Crippen LogP contribution >= 0.6 is 0 Å². The fourth-order valence-electron chi connectivity index (χ4n) is 3.06. The molecule has 0 unspecified atom stereocenters. The molecule has 1 fully saturated rings. The highest BCUT2D eigenvalue weighted by Gasteiger charge is 2.35. The van der Waals surface area contributed by atoms with Crippen molar-refractivity contribution in [2.45, 2.75) is 31.5 Å². The van der Waals surface area contributed by atoms with Crippen LogP contribution in [-0.4, -0.2) is 53.5 Å². The lowest BCUT2D eigenvalue weighted by Crippen LogP contribution is -2.24. The Kier molecular flexibility index (Phi) is 4.86. The smallest absolute Gasteiger partial charge is 0.269 e. The number of aliphatic hydroxyl groups excluding tert-OH is 2. The minimum absolute atomic E-state index is 0.00635. The molecule has 2 aromatic heterocycles. The minimum Gasteiger partial charge on any atom is -0.471 e. The Morgan fingerprint density at radius 1 is 1.29 bits per heavy atom. The van der Waals surface area contributed by atoms with Crippen molar-refractivity contribution in [1.82, 2.24) is 19.5 Å². The average Bonchev–Trinajstić information content (AvgIpc) is 3.30. The van der Waals surface area contributed by atoms with Crippen molar-refractivity contribution in [1.29, 1.82) is 0 Å². The molecule has 0 radical (unpaired) electrons. The standard InChI is InChI=1S/C17H17N5O6/c23-6-13-12(24)5-14(28-13)21-9-20-15-16(21)18-8-19-17(15)27-7-10-1-3-11(4-2-10)22(25)26/h1-4,8-9,12-14,23-24H,5-7H2/t12-,13+,14+/m0/s1. The van der Waals surface area contributed by atoms with Gasteiger partial charge in [0.15, 0.2) is 11.2 Å². The van der Waals surface area contributed by atoms with E-state index in [9.17, 15) is 20.3 Å². The molecule has 0 amide bonds. The van der Waals surface area contributed by atoms with E-state index in [0.29, 0.717) is 17.6 Å². The first kappa shape index (κ1) is 18.2. The van der Waals surface area contributed by atoms with Gasteiger partial charge in [0, 0.05) is 18.6 Å². The number of ether oxygens (including phenoxy) is 2. The Bertz CT molecular complexity index is 991. The number of aromatic nitrogens is 4. The number of fused-ring (bicyclic) bond motifs is 1. The number of rotatable bonds is 6. The summed E-state index contributed by atoms with van der Waals surface area (Å²) in [6, 6.07) is 6.03. The van der Waals surface area contributed by atoms with E-state index in [1.54, 1.807) is 16.7 Å². The molecule has 3 aromatic rings. The summed E-state index contributed by atoms with van der Waals surface area (Å²) < 4.78 is 13.0. The van der Waals surface area contributed by atoms with Crippen LogP contribution in [0.15, 0.2) is 36.9 Å². The summed E-state index contributed by atoms with van der Waals surface area (Å²) in [5, 5.41) is 29.9. The number of hydrogen-bond donors (Lipinski definition) is 2. The molecule has 0 spiro atoms. The van der Waals surface area contributed by atoms with Crippen LogP contribution in [0.2, 0.25) is 0 Å². The van der Waals surface area contributed by atoms with E-state index < -0.39 is 23.4 Å². The van der Waals surface area contributed by atoms with Crippen molar-refractivity contribution in [3.63, 3.8) is 0 Å². The van der Waals surface area contributed by atoms with Crippen LogP contribution < -0.4 is 4.74 Å². The predicted molar refractivity (Wildman–Crippen MR) is 94.4 cm³/mol. The van der Waals surface area contributed by atoms with Gasteiger partial charge in [-0.15, -0.1) is 0 Å². The van der Waals surface area contributed by atoms with Gasteiger partial charge < -0.3 is 19.7 Å². The third kappa shape index (κ3) is 3.38. The van der Waals surface area contributed by atoms with Crippen molar-refractivity contribution < 1.29 is 24.6 Å². The molecule has 146 valence electrons. The van der Waals surface area contributed by atoms with E-state index in [1.807, 2.05) is 0 Å². The minimum atomic E-state index is -0.771. The molecule has 28 heavy (non-hydrogen) atoms. The topological polar surface area (TPSA) is 146 Å². The maximum atomic E-state index is 10.7. The number of hydrogen-bond acceptors (Lipinski definition) is 9. The summed E-state index contributed by atoms with van der Waals surface area (Å²) in [6.45, 7) is -0.120. The molecular weight excluding hydrogens is 370 g/mol. The third-order valence-corrected chi connectivity index (χ3v) is 4.54. The van der Waals surface area contributed by atoms with Gasteiger partial charge in [-0.25, -0.2) is 9.97 Å². The van der Waals surface area contributed by atoms with E-state index in [1.165, 1.54) is 24.8 Å². The van der Waals surface area contributed by atoms with Crippen LogP contribution in [0.3, 0.4) is 0 Å². The summed E-state index contributed by atoms with van der Waals surface area (Å²) >= 11 is 0.